The molecule has 8 nitrogen and oxygen atoms in total. The number of amides is 3. The Hall–Kier alpha value is -4.24. The first-order valence-electron chi connectivity index (χ1n) is 10.9. The number of carbonyl (C=O) groups is 3. The number of pyridine rings is 1. The summed E-state index contributed by atoms with van der Waals surface area (Å²) in [6, 6.07) is 19.4. The summed E-state index contributed by atoms with van der Waals surface area (Å²) < 4.78 is 5.16. The van der Waals surface area contributed by atoms with Crippen LogP contribution in [0.5, 0.6) is 5.75 Å². The number of benzene rings is 2. The minimum absolute atomic E-state index is 0.0657. The third-order valence-corrected chi connectivity index (χ3v) is 6.23. The summed E-state index contributed by atoms with van der Waals surface area (Å²) in [6.45, 7) is 1.38. The molecular formula is C26H24N4O4S. The molecule has 3 N–H and O–H groups in total. The molecule has 4 aromatic rings. The molecule has 2 aromatic heterocycles. The Balaban J connectivity index is 1.49. The number of hydrazine groups is 1. The van der Waals surface area contributed by atoms with E-state index in [-0.39, 0.29) is 12.3 Å². The van der Waals surface area contributed by atoms with Gasteiger partial charge in [0.1, 0.15) is 5.75 Å². The number of nitrogens with zero attached hydrogens (tertiary/aromatic N) is 1. The van der Waals surface area contributed by atoms with Crippen molar-refractivity contribution in [2.24, 2.45) is 0 Å². The third-order valence-electron chi connectivity index (χ3n) is 5.34. The molecule has 0 fully saturated rings. The molecule has 2 aromatic carbocycles. The Bertz CT molecular complexity index is 1350. The molecule has 9 heteroatoms. The van der Waals surface area contributed by atoms with Gasteiger partial charge in [0.25, 0.3) is 5.91 Å². The molecule has 3 amide bonds. The van der Waals surface area contributed by atoms with E-state index in [9.17, 15) is 14.4 Å². The van der Waals surface area contributed by atoms with Gasteiger partial charge in [-0.2, -0.15) is 0 Å². The van der Waals surface area contributed by atoms with Crippen molar-refractivity contribution in [1.29, 1.82) is 0 Å². The maximum atomic E-state index is 13.1. The van der Waals surface area contributed by atoms with Gasteiger partial charge in [-0.1, -0.05) is 36.4 Å². The molecule has 4 rings (SSSR count). The number of para-hydroxylation sites is 1. The molecule has 0 saturated carbocycles. The predicted molar refractivity (Wildman–Crippen MR) is 135 cm³/mol. The summed E-state index contributed by atoms with van der Waals surface area (Å²) in [4.78, 5) is 43.0. The van der Waals surface area contributed by atoms with E-state index in [0.29, 0.717) is 27.9 Å². The fourth-order valence-corrected chi connectivity index (χ4v) is 4.36. The SMILES string of the molecule is COc1ccc([C@H](CC(=O)NNC(=O)c2cc(-c3cccs3)nc3ccccc23)NC(C)=O)cc1. The van der Waals surface area contributed by atoms with Crippen LogP contribution in [0.4, 0.5) is 0 Å². The number of ether oxygens (including phenoxy) is 1. The first-order valence-corrected chi connectivity index (χ1v) is 11.8. The van der Waals surface area contributed by atoms with Gasteiger partial charge in [0.2, 0.25) is 11.8 Å². The number of rotatable bonds is 7. The summed E-state index contributed by atoms with van der Waals surface area (Å²) >= 11 is 1.53. The van der Waals surface area contributed by atoms with Crippen LogP contribution in [0.25, 0.3) is 21.5 Å². The molecule has 0 bridgehead atoms. The lowest BCUT2D eigenvalue weighted by atomic mass is 10.0. The van der Waals surface area contributed by atoms with Crippen LogP contribution in [0.2, 0.25) is 0 Å². The smallest absolute Gasteiger partial charge is 0.270 e. The Morgan fingerprint density at radius 1 is 1.00 bits per heavy atom. The van der Waals surface area contributed by atoms with E-state index in [1.165, 1.54) is 18.3 Å². The molecule has 0 aliphatic rings. The predicted octanol–water partition coefficient (Wildman–Crippen LogP) is 4.00. The van der Waals surface area contributed by atoms with Crippen molar-refractivity contribution < 1.29 is 19.1 Å². The van der Waals surface area contributed by atoms with Crippen molar-refractivity contribution in [3.63, 3.8) is 0 Å². The standard InChI is InChI=1S/C26H24N4O4S/c1-16(31)27-22(17-9-11-18(34-2)12-10-17)15-25(32)29-30-26(33)20-14-23(24-8-5-13-35-24)28-21-7-4-3-6-19(20)21/h3-14,22H,15H2,1-2H3,(H,27,31)(H,29,32)(H,30,33)/t22-/m0/s1. The Kier molecular flexibility index (Phi) is 7.37. The minimum atomic E-state index is -0.567. The highest BCUT2D eigenvalue weighted by Crippen LogP contribution is 2.28. The second kappa shape index (κ2) is 10.8. The lowest BCUT2D eigenvalue weighted by Gasteiger charge is -2.19. The maximum absolute atomic E-state index is 13.1. The molecule has 178 valence electrons. The molecule has 35 heavy (non-hydrogen) atoms. The Morgan fingerprint density at radius 2 is 1.77 bits per heavy atom. The quantitative estimate of drug-likeness (QED) is 0.341. The van der Waals surface area contributed by atoms with Crippen molar-refractivity contribution in [2.75, 3.05) is 7.11 Å². The average Bonchev–Trinajstić information content (AvgIpc) is 3.41. The van der Waals surface area contributed by atoms with E-state index in [1.807, 2.05) is 41.8 Å². The van der Waals surface area contributed by atoms with Crippen molar-refractivity contribution >= 4 is 40.0 Å². The Labute approximate surface area is 206 Å². The zero-order valence-corrected chi connectivity index (χ0v) is 20.0. The lowest BCUT2D eigenvalue weighted by Crippen LogP contribution is -2.43. The molecule has 0 saturated heterocycles. The molecule has 0 aliphatic carbocycles. The first kappa shape index (κ1) is 23.9. The van der Waals surface area contributed by atoms with E-state index in [4.69, 9.17) is 4.74 Å². The number of carbonyl (C=O) groups excluding carboxylic acids is 3. The van der Waals surface area contributed by atoms with Crippen LogP contribution >= 0.6 is 11.3 Å². The molecular weight excluding hydrogens is 464 g/mol. The highest BCUT2D eigenvalue weighted by Gasteiger charge is 2.19. The highest BCUT2D eigenvalue weighted by molar-refractivity contribution is 7.13. The van der Waals surface area contributed by atoms with Crippen LogP contribution in [0.3, 0.4) is 0 Å². The van der Waals surface area contributed by atoms with Gasteiger partial charge in [0.05, 0.1) is 41.2 Å². The van der Waals surface area contributed by atoms with Gasteiger partial charge in [-0.3, -0.25) is 25.2 Å². The van der Waals surface area contributed by atoms with Crippen molar-refractivity contribution in [2.45, 2.75) is 19.4 Å². The molecule has 2 heterocycles. The summed E-state index contributed by atoms with van der Waals surface area (Å²) in [5.74, 6) is -0.523. The van der Waals surface area contributed by atoms with Crippen LogP contribution in [0.15, 0.2) is 72.1 Å². The summed E-state index contributed by atoms with van der Waals surface area (Å²) in [5, 5.41) is 5.39. The van der Waals surface area contributed by atoms with Crippen LogP contribution in [0.1, 0.15) is 35.3 Å². The van der Waals surface area contributed by atoms with E-state index < -0.39 is 17.9 Å². The van der Waals surface area contributed by atoms with Gasteiger partial charge < -0.3 is 10.1 Å². The van der Waals surface area contributed by atoms with Gasteiger partial charge in [0, 0.05) is 12.3 Å². The molecule has 1 atom stereocenters. The third kappa shape index (κ3) is 5.82. The molecule has 0 spiro atoms. The largest absolute Gasteiger partial charge is 0.497 e. The van der Waals surface area contributed by atoms with Gasteiger partial charge in [-0.15, -0.1) is 11.3 Å². The van der Waals surface area contributed by atoms with Gasteiger partial charge in [-0.05, 0) is 41.3 Å². The summed E-state index contributed by atoms with van der Waals surface area (Å²) in [7, 11) is 1.56. The highest BCUT2D eigenvalue weighted by atomic mass is 32.1. The number of aromatic nitrogens is 1. The van der Waals surface area contributed by atoms with Crippen LogP contribution in [0, 0.1) is 0 Å². The van der Waals surface area contributed by atoms with E-state index >= 15 is 0 Å². The van der Waals surface area contributed by atoms with Crippen molar-refractivity contribution in [1.82, 2.24) is 21.2 Å². The fraction of sp³-hybridized carbons (Fsp3) is 0.154. The second-order valence-electron chi connectivity index (χ2n) is 7.78. The van der Waals surface area contributed by atoms with E-state index in [0.717, 1.165) is 10.4 Å². The second-order valence-corrected chi connectivity index (χ2v) is 8.73. The van der Waals surface area contributed by atoms with Gasteiger partial charge in [0.15, 0.2) is 0 Å². The van der Waals surface area contributed by atoms with E-state index in [1.54, 1.807) is 37.4 Å². The van der Waals surface area contributed by atoms with Crippen LogP contribution in [-0.2, 0) is 9.59 Å². The molecule has 0 aliphatic heterocycles. The number of thiophene rings is 1. The normalized spacial score (nSPS) is 11.5. The number of hydrogen-bond donors (Lipinski definition) is 3. The van der Waals surface area contributed by atoms with Crippen molar-refractivity contribution in [3.8, 4) is 16.3 Å². The summed E-state index contributed by atoms with van der Waals surface area (Å²) in [6.07, 6.45) is -0.0657. The number of fused-ring (bicyclic) bond motifs is 1. The summed E-state index contributed by atoms with van der Waals surface area (Å²) in [5.41, 5.74) is 7.46. The maximum Gasteiger partial charge on any atom is 0.270 e. The monoisotopic (exact) mass is 488 g/mol. The lowest BCUT2D eigenvalue weighted by molar-refractivity contribution is -0.123. The zero-order valence-electron chi connectivity index (χ0n) is 19.2. The topological polar surface area (TPSA) is 109 Å². The minimum Gasteiger partial charge on any atom is -0.497 e. The van der Waals surface area contributed by atoms with Crippen LogP contribution in [-0.4, -0.2) is 29.8 Å². The first-order chi connectivity index (χ1) is 16.9. The number of nitrogens with one attached hydrogen (secondary N) is 3. The zero-order chi connectivity index (χ0) is 24.8. The fourth-order valence-electron chi connectivity index (χ4n) is 3.68. The molecule has 0 radical (unpaired) electrons. The van der Waals surface area contributed by atoms with Crippen LogP contribution < -0.4 is 20.9 Å². The number of methoxy groups -OCH3 is 1. The van der Waals surface area contributed by atoms with Crippen molar-refractivity contribution in [3.05, 3.63) is 83.2 Å². The van der Waals surface area contributed by atoms with Gasteiger partial charge >= 0.3 is 0 Å². The van der Waals surface area contributed by atoms with E-state index in [2.05, 4.69) is 21.2 Å². The average molecular weight is 489 g/mol. The molecule has 0 unspecified atom stereocenters. The number of hydrogen-bond acceptors (Lipinski definition) is 6. The Morgan fingerprint density at radius 3 is 2.46 bits per heavy atom. The van der Waals surface area contributed by atoms with Gasteiger partial charge in [-0.25, -0.2) is 4.98 Å².